The monoisotopic (exact) mass is 142 g/mol. The minimum atomic E-state index is 1.35. The molecule has 0 heteroatoms. The van der Waals surface area contributed by atoms with Crippen LogP contribution in [0, 0.1) is 6.92 Å². The quantitative estimate of drug-likeness (QED) is 0.565. The van der Waals surface area contributed by atoms with Crippen LogP contribution in [-0.2, 0) is 0 Å². The fourth-order valence-corrected chi connectivity index (χ4v) is 1.27. The van der Waals surface area contributed by atoms with Gasteiger partial charge in [0.25, 0.3) is 0 Å². The molecule has 0 atom stereocenters. The Morgan fingerprint density at radius 3 is 2.36 bits per heavy atom. The molecule has 0 aliphatic heterocycles. The maximum Gasteiger partial charge on any atom is -0.0155 e. The number of hydrogen-bond acceptors (Lipinski definition) is 0. The fraction of sp³-hybridized carbons (Fsp3) is 0.0909. The van der Waals surface area contributed by atoms with Crippen molar-refractivity contribution in [2.75, 3.05) is 0 Å². The fourth-order valence-electron chi connectivity index (χ4n) is 1.27. The van der Waals surface area contributed by atoms with Gasteiger partial charge in [0.2, 0.25) is 0 Å². The van der Waals surface area contributed by atoms with Crippen LogP contribution in [0.5, 0.6) is 0 Å². The summed E-state index contributed by atoms with van der Waals surface area (Å²) in [6.45, 7) is 2.14. The molecular formula is C11H10. The molecule has 0 aromatic heterocycles. The molecule has 0 heterocycles. The first-order valence-electron chi connectivity index (χ1n) is 3.82. The van der Waals surface area contributed by atoms with Crippen LogP contribution in [0.3, 0.4) is 0 Å². The first-order valence-corrected chi connectivity index (χ1v) is 3.82. The maximum atomic E-state index is 2.16. The molecule has 0 amide bonds. The molecule has 1 aromatic rings. The van der Waals surface area contributed by atoms with Gasteiger partial charge in [-0.05, 0) is 23.6 Å². The molecular weight excluding hydrogens is 132 g/mol. The minimum absolute atomic E-state index is 1.35. The highest BCUT2D eigenvalue weighted by Gasteiger charge is 2.03. The van der Waals surface area contributed by atoms with Crippen molar-refractivity contribution in [1.29, 1.82) is 0 Å². The van der Waals surface area contributed by atoms with Crippen molar-refractivity contribution in [2.24, 2.45) is 0 Å². The molecule has 0 radical (unpaired) electrons. The van der Waals surface area contributed by atoms with Crippen LogP contribution in [0.15, 0.2) is 42.5 Å². The van der Waals surface area contributed by atoms with Crippen LogP contribution >= 0.6 is 0 Å². The van der Waals surface area contributed by atoms with Crippen LogP contribution in [0.1, 0.15) is 11.1 Å². The predicted octanol–water partition coefficient (Wildman–Crippen LogP) is 2.95. The van der Waals surface area contributed by atoms with E-state index in [4.69, 9.17) is 0 Å². The second-order valence-corrected chi connectivity index (χ2v) is 2.80. The van der Waals surface area contributed by atoms with Gasteiger partial charge in [0.1, 0.15) is 0 Å². The Bertz CT molecular complexity index is 330. The summed E-state index contributed by atoms with van der Waals surface area (Å²) in [5.74, 6) is 0. The van der Waals surface area contributed by atoms with E-state index in [1.807, 2.05) is 0 Å². The number of rotatable bonds is 1. The molecule has 0 saturated heterocycles. The number of hydrogen-bond donors (Lipinski definition) is 0. The number of benzene rings is 1. The molecule has 0 spiro atoms. The Kier molecular flexibility index (Phi) is 1.39. The summed E-state index contributed by atoms with van der Waals surface area (Å²) in [4.78, 5) is 0. The number of aryl methyl sites for hydroxylation is 1. The van der Waals surface area contributed by atoms with Crippen molar-refractivity contribution in [2.45, 2.75) is 6.92 Å². The summed E-state index contributed by atoms with van der Waals surface area (Å²) in [5, 5.41) is 0. The van der Waals surface area contributed by atoms with E-state index in [1.165, 1.54) is 16.7 Å². The Labute approximate surface area is 66.9 Å². The second-order valence-electron chi connectivity index (χ2n) is 2.80. The van der Waals surface area contributed by atoms with Gasteiger partial charge in [-0.3, -0.25) is 0 Å². The zero-order chi connectivity index (χ0) is 7.68. The minimum Gasteiger partial charge on any atom is -0.0620 e. The summed E-state index contributed by atoms with van der Waals surface area (Å²) >= 11 is 0. The Morgan fingerprint density at radius 2 is 1.82 bits per heavy atom. The van der Waals surface area contributed by atoms with Crippen LogP contribution in [0.25, 0.3) is 5.57 Å². The van der Waals surface area contributed by atoms with E-state index in [0.717, 1.165) is 0 Å². The summed E-state index contributed by atoms with van der Waals surface area (Å²) in [6, 6.07) is 8.45. The lowest BCUT2D eigenvalue weighted by Crippen LogP contribution is -1.88. The molecule has 1 aliphatic rings. The van der Waals surface area contributed by atoms with Gasteiger partial charge in [0.05, 0.1) is 0 Å². The molecule has 54 valence electrons. The maximum absolute atomic E-state index is 2.16. The third-order valence-electron chi connectivity index (χ3n) is 2.01. The smallest absolute Gasteiger partial charge is 0.0155 e. The van der Waals surface area contributed by atoms with Gasteiger partial charge in [0.15, 0.2) is 0 Å². The highest BCUT2D eigenvalue weighted by molar-refractivity contribution is 5.82. The van der Waals surface area contributed by atoms with Gasteiger partial charge in [-0.2, -0.15) is 0 Å². The van der Waals surface area contributed by atoms with Crippen LogP contribution in [0.4, 0.5) is 0 Å². The van der Waals surface area contributed by atoms with Gasteiger partial charge in [0, 0.05) is 0 Å². The summed E-state index contributed by atoms with van der Waals surface area (Å²) in [5.41, 5.74) is 4.06. The van der Waals surface area contributed by atoms with E-state index in [1.54, 1.807) is 0 Å². The van der Waals surface area contributed by atoms with Gasteiger partial charge in [-0.25, -0.2) is 0 Å². The van der Waals surface area contributed by atoms with Crippen molar-refractivity contribution < 1.29 is 0 Å². The van der Waals surface area contributed by atoms with Crippen molar-refractivity contribution in [3.8, 4) is 0 Å². The first kappa shape index (κ1) is 6.41. The molecule has 0 unspecified atom stereocenters. The average molecular weight is 142 g/mol. The largest absolute Gasteiger partial charge is 0.0620 e. The third-order valence-corrected chi connectivity index (χ3v) is 2.01. The average Bonchev–Trinajstić information content (AvgIpc) is 1.90. The second kappa shape index (κ2) is 2.39. The van der Waals surface area contributed by atoms with E-state index in [-0.39, 0.29) is 0 Å². The highest BCUT2D eigenvalue weighted by Crippen LogP contribution is 2.24. The Balaban J connectivity index is 2.45. The lowest BCUT2D eigenvalue weighted by Gasteiger charge is -2.09. The van der Waals surface area contributed by atoms with Gasteiger partial charge < -0.3 is 0 Å². The molecule has 11 heavy (non-hydrogen) atoms. The zero-order valence-electron chi connectivity index (χ0n) is 6.54. The molecule has 0 nitrogen and oxygen atoms in total. The Hall–Kier alpha value is -1.30. The van der Waals surface area contributed by atoms with Gasteiger partial charge in [-0.15, -0.1) is 0 Å². The third kappa shape index (κ3) is 1.01. The highest BCUT2D eigenvalue weighted by atomic mass is 14.1. The van der Waals surface area contributed by atoms with E-state index >= 15 is 0 Å². The molecule has 1 aliphatic carbocycles. The standard InChI is InChI=1S/C11H10/c1-9-5-2-3-8-11(9)10-6-4-7-10/h2-8H,1H3. The topological polar surface area (TPSA) is 0 Å². The molecule has 0 saturated carbocycles. The van der Waals surface area contributed by atoms with Gasteiger partial charge >= 0.3 is 0 Å². The summed E-state index contributed by atoms with van der Waals surface area (Å²) in [6.07, 6.45) is 6.35. The SMILES string of the molecule is Cc1ccccc1C1=CC=C1. The van der Waals surface area contributed by atoms with Crippen LogP contribution < -0.4 is 0 Å². The van der Waals surface area contributed by atoms with E-state index < -0.39 is 0 Å². The van der Waals surface area contributed by atoms with E-state index in [0.29, 0.717) is 0 Å². The van der Waals surface area contributed by atoms with E-state index in [9.17, 15) is 0 Å². The molecule has 2 rings (SSSR count). The zero-order valence-corrected chi connectivity index (χ0v) is 6.54. The summed E-state index contributed by atoms with van der Waals surface area (Å²) < 4.78 is 0. The molecule has 0 bridgehead atoms. The Morgan fingerprint density at radius 1 is 1.09 bits per heavy atom. The lowest BCUT2D eigenvalue weighted by atomic mass is 9.96. The number of allylic oxidation sites excluding steroid dienone is 4. The molecule has 0 fully saturated rings. The first-order chi connectivity index (χ1) is 5.38. The normalized spacial score (nSPS) is 14.1. The van der Waals surface area contributed by atoms with Crippen molar-refractivity contribution >= 4 is 5.57 Å². The van der Waals surface area contributed by atoms with Crippen molar-refractivity contribution in [3.63, 3.8) is 0 Å². The predicted molar refractivity (Wildman–Crippen MR) is 48.3 cm³/mol. The van der Waals surface area contributed by atoms with Crippen LogP contribution in [-0.4, -0.2) is 0 Å². The van der Waals surface area contributed by atoms with Gasteiger partial charge in [-0.1, -0.05) is 42.5 Å². The molecule has 0 N–H and O–H groups in total. The van der Waals surface area contributed by atoms with Crippen molar-refractivity contribution in [3.05, 3.63) is 53.6 Å². The van der Waals surface area contributed by atoms with Crippen molar-refractivity contribution in [1.82, 2.24) is 0 Å². The van der Waals surface area contributed by atoms with Crippen LogP contribution in [0.2, 0.25) is 0 Å². The molecule has 1 aromatic carbocycles. The van der Waals surface area contributed by atoms with E-state index in [2.05, 4.69) is 49.4 Å². The lowest BCUT2D eigenvalue weighted by molar-refractivity contribution is 1.42. The summed E-state index contributed by atoms with van der Waals surface area (Å²) in [7, 11) is 0.